The summed E-state index contributed by atoms with van der Waals surface area (Å²) in [6, 6.07) is 6.63. The summed E-state index contributed by atoms with van der Waals surface area (Å²) in [6.45, 7) is 0.291. The molecule has 0 N–H and O–H groups in total. The fourth-order valence-corrected chi connectivity index (χ4v) is 3.86. The normalized spacial score (nSPS) is 12.7. The maximum atomic E-state index is 11.3. The molecule has 164 valence electrons. The lowest BCUT2D eigenvalue weighted by atomic mass is 10.2. The van der Waals surface area contributed by atoms with E-state index in [9.17, 15) is 8.42 Å². The van der Waals surface area contributed by atoms with Crippen LogP contribution in [0, 0.1) is 0 Å². The van der Waals surface area contributed by atoms with Crippen LogP contribution in [0.2, 0.25) is 5.02 Å². The molecule has 0 atom stereocenters. The average molecular weight is 467 g/mol. The van der Waals surface area contributed by atoms with Crippen LogP contribution < -0.4 is 23.7 Å². The molecule has 1 aromatic heterocycles. The van der Waals surface area contributed by atoms with Crippen molar-refractivity contribution in [3.63, 3.8) is 0 Å². The molecule has 2 aromatic carbocycles. The van der Waals surface area contributed by atoms with E-state index in [1.54, 1.807) is 24.3 Å². The quantitative estimate of drug-likeness (QED) is 0.460. The zero-order valence-electron chi connectivity index (χ0n) is 16.8. The van der Waals surface area contributed by atoms with Gasteiger partial charge in [-0.25, -0.2) is 18.4 Å². The van der Waals surface area contributed by atoms with Gasteiger partial charge in [-0.15, -0.1) is 0 Å². The molecule has 3 aromatic rings. The predicted octanol–water partition coefficient (Wildman–Crippen LogP) is 3.63. The van der Waals surface area contributed by atoms with Crippen molar-refractivity contribution in [1.29, 1.82) is 0 Å². The standard InChI is InChI=1S/C20H19ClN2O7S/c1-26-15-8-13-14(9-16(15)27-4-3-5-31(2,24)25)22-10-23-20(13)30-18-7-12(21)6-17-19(18)29-11-28-17/h6-10H,3-5,11H2,1-2H3. The van der Waals surface area contributed by atoms with Crippen LogP contribution in [0.4, 0.5) is 0 Å². The molecule has 0 aliphatic carbocycles. The van der Waals surface area contributed by atoms with Crippen molar-refractivity contribution in [2.45, 2.75) is 6.42 Å². The first kappa shape index (κ1) is 21.3. The Hall–Kier alpha value is -2.98. The molecule has 0 bridgehead atoms. The zero-order chi connectivity index (χ0) is 22.0. The molecule has 0 saturated carbocycles. The van der Waals surface area contributed by atoms with Crippen LogP contribution in [0.5, 0.6) is 34.6 Å². The highest BCUT2D eigenvalue weighted by Gasteiger charge is 2.22. The first-order valence-corrected chi connectivity index (χ1v) is 11.7. The van der Waals surface area contributed by atoms with Gasteiger partial charge in [0.1, 0.15) is 16.2 Å². The number of hydrogen-bond acceptors (Lipinski definition) is 9. The molecular formula is C20H19ClN2O7S. The summed E-state index contributed by atoms with van der Waals surface area (Å²) in [5.41, 5.74) is 0.555. The average Bonchev–Trinajstić information content (AvgIpc) is 3.18. The molecule has 0 radical (unpaired) electrons. The molecule has 0 saturated heterocycles. The third-order valence-electron chi connectivity index (χ3n) is 4.41. The molecule has 0 spiro atoms. The second-order valence-electron chi connectivity index (χ2n) is 6.77. The minimum absolute atomic E-state index is 0.0405. The Labute approximate surface area is 183 Å². The Bertz CT molecular complexity index is 1230. The van der Waals surface area contributed by atoms with Gasteiger partial charge in [0.2, 0.25) is 18.4 Å². The first-order valence-electron chi connectivity index (χ1n) is 9.24. The Morgan fingerprint density at radius 1 is 1.10 bits per heavy atom. The van der Waals surface area contributed by atoms with E-state index in [2.05, 4.69) is 9.97 Å². The van der Waals surface area contributed by atoms with Crippen molar-refractivity contribution in [2.24, 2.45) is 0 Å². The van der Waals surface area contributed by atoms with Gasteiger partial charge >= 0.3 is 0 Å². The van der Waals surface area contributed by atoms with E-state index in [-0.39, 0.29) is 25.0 Å². The first-order chi connectivity index (χ1) is 14.8. The topological polar surface area (TPSA) is 106 Å². The fourth-order valence-electron chi connectivity index (χ4n) is 3.02. The number of aromatic nitrogens is 2. The monoisotopic (exact) mass is 466 g/mol. The minimum Gasteiger partial charge on any atom is -0.493 e. The molecular weight excluding hydrogens is 448 g/mol. The highest BCUT2D eigenvalue weighted by atomic mass is 35.5. The van der Waals surface area contributed by atoms with Gasteiger partial charge in [0.15, 0.2) is 23.0 Å². The van der Waals surface area contributed by atoms with E-state index in [1.165, 1.54) is 19.7 Å². The second kappa shape index (κ2) is 8.64. The van der Waals surface area contributed by atoms with Crippen molar-refractivity contribution >= 4 is 32.3 Å². The van der Waals surface area contributed by atoms with Gasteiger partial charge in [0, 0.05) is 29.5 Å². The van der Waals surface area contributed by atoms with Gasteiger partial charge < -0.3 is 23.7 Å². The molecule has 0 unspecified atom stereocenters. The van der Waals surface area contributed by atoms with Crippen LogP contribution in [-0.2, 0) is 9.84 Å². The second-order valence-corrected chi connectivity index (χ2v) is 9.47. The Morgan fingerprint density at radius 2 is 1.94 bits per heavy atom. The molecule has 4 rings (SSSR count). The lowest BCUT2D eigenvalue weighted by Crippen LogP contribution is -2.08. The van der Waals surface area contributed by atoms with E-state index in [1.807, 2.05) is 0 Å². The number of fused-ring (bicyclic) bond motifs is 2. The van der Waals surface area contributed by atoms with Gasteiger partial charge in [-0.1, -0.05) is 11.6 Å². The molecule has 0 fully saturated rings. The molecule has 9 nitrogen and oxygen atoms in total. The number of hydrogen-bond donors (Lipinski definition) is 0. The Kier molecular flexibility index (Phi) is 5.92. The van der Waals surface area contributed by atoms with E-state index in [4.69, 9.17) is 35.3 Å². The largest absolute Gasteiger partial charge is 0.493 e. The third-order valence-corrected chi connectivity index (χ3v) is 5.66. The van der Waals surface area contributed by atoms with E-state index in [0.29, 0.717) is 51.1 Å². The summed E-state index contributed by atoms with van der Waals surface area (Å²) in [6.07, 6.45) is 2.91. The van der Waals surface area contributed by atoms with Gasteiger partial charge in [0.05, 0.1) is 30.4 Å². The SMILES string of the molecule is COc1cc2c(Oc3cc(Cl)cc4c3OCO4)ncnc2cc1OCCCS(C)(=O)=O. The minimum atomic E-state index is -3.05. The van der Waals surface area contributed by atoms with Crippen molar-refractivity contribution in [2.75, 3.05) is 32.5 Å². The van der Waals surface area contributed by atoms with Crippen LogP contribution in [-0.4, -0.2) is 50.9 Å². The molecule has 1 aliphatic heterocycles. The number of benzene rings is 2. The van der Waals surface area contributed by atoms with Crippen LogP contribution in [0.25, 0.3) is 10.9 Å². The summed E-state index contributed by atoms with van der Waals surface area (Å²) in [4.78, 5) is 8.50. The van der Waals surface area contributed by atoms with E-state index >= 15 is 0 Å². The van der Waals surface area contributed by atoms with Crippen LogP contribution >= 0.6 is 11.6 Å². The van der Waals surface area contributed by atoms with Gasteiger partial charge in [0.25, 0.3) is 0 Å². The van der Waals surface area contributed by atoms with Crippen molar-refractivity contribution in [1.82, 2.24) is 9.97 Å². The summed E-state index contributed by atoms with van der Waals surface area (Å²) in [5, 5.41) is 1.01. The van der Waals surface area contributed by atoms with Crippen molar-refractivity contribution in [3.05, 3.63) is 35.6 Å². The summed E-state index contributed by atoms with van der Waals surface area (Å²) < 4.78 is 50.6. The maximum absolute atomic E-state index is 11.3. The number of rotatable bonds is 8. The number of methoxy groups -OCH3 is 1. The Balaban J connectivity index is 1.63. The third kappa shape index (κ3) is 4.86. The van der Waals surface area contributed by atoms with Gasteiger partial charge in [-0.3, -0.25) is 0 Å². The maximum Gasteiger partial charge on any atom is 0.231 e. The number of ether oxygens (including phenoxy) is 5. The van der Waals surface area contributed by atoms with Crippen LogP contribution in [0.1, 0.15) is 6.42 Å². The van der Waals surface area contributed by atoms with E-state index in [0.717, 1.165) is 0 Å². The van der Waals surface area contributed by atoms with Crippen molar-refractivity contribution in [3.8, 4) is 34.6 Å². The summed E-state index contributed by atoms with van der Waals surface area (Å²) in [5.74, 6) is 2.47. The molecule has 2 heterocycles. The number of halogens is 1. The lowest BCUT2D eigenvalue weighted by Gasteiger charge is -2.14. The molecule has 11 heteroatoms. The highest BCUT2D eigenvalue weighted by molar-refractivity contribution is 7.90. The lowest BCUT2D eigenvalue weighted by molar-refractivity contribution is 0.171. The van der Waals surface area contributed by atoms with Gasteiger partial charge in [-0.2, -0.15) is 0 Å². The van der Waals surface area contributed by atoms with Crippen LogP contribution in [0.3, 0.4) is 0 Å². The predicted molar refractivity (Wildman–Crippen MR) is 114 cm³/mol. The molecule has 31 heavy (non-hydrogen) atoms. The summed E-state index contributed by atoms with van der Waals surface area (Å²) in [7, 11) is -1.54. The highest BCUT2D eigenvalue weighted by Crippen LogP contribution is 2.45. The Morgan fingerprint density at radius 3 is 2.71 bits per heavy atom. The zero-order valence-corrected chi connectivity index (χ0v) is 18.3. The van der Waals surface area contributed by atoms with Gasteiger partial charge in [-0.05, 0) is 12.5 Å². The molecule has 1 aliphatic rings. The number of nitrogens with zero attached hydrogens (tertiary/aromatic N) is 2. The van der Waals surface area contributed by atoms with Crippen molar-refractivity contribution < 1.29 is 32.1 Å². The molecule has 0 amide bonds. The number of sulfone groups is 1. The fraction of sp³-hybridized carbons (Fsp3) is 0.300. The van der Waals surface area contributed by atoms with Crippen LogP contribution in [0.15, 0.2) is 30.6 Å². The smallest absolute Gasteiger partial charge is 0.231 e. The summed E-state index contributed by atoms with van der Waals surface area (Å²) >= 11 is 6.15. The van der Waals surface area contributed by atoms with E-state index < -0.39 is 9.84 Å².